The SMILES string of the molecule is O=C(Nc1nn(Cc2ccccc2Cl)cc1Br)C1CC1. The summed E-state index contributed by atoms with van der Waals surface area (Å²) in [5.41, 5.74) is 0.990. The lowest BCUT2D eigenvalue weighted by molar-refractivity contribution is -0.117. The van der Waals surface area contributed by atoms with Crippen molar-refractivity contribution < 1.29 is 4.79 Å². The third-order valence-electron chi connectivity index (χ3n) is 3.20. The molecule has 1 heterocycles. The molecule has 104 valence electrons. The van der Waals surface area contributed by atoms with Crippen molar-refractivity contribution >= 4 is 39.3 Å². The van der Waals surface area contributed by atoms with Gasteiger partial charge in [-0.3, -0.25) is 9.48 Å². The van der Waals surface area contributed by atoms with Gasteiger partial charge < -0.3 is 5.32 Å². The van der Waals surface area contributed by atoms with Crippen molar-refractivity contribution in [2.24, 2.45) is 5.92 Å². The first kappa shape index (κ1) is 13.6. The van der Waals surface area contributed by atoms with E-state index in [1.165, 1.54) is 0 Å². The molecule has 0 aliphatic heterocycles. The van der Waals surface area contributed by atoms with Crippen molar-refractivity contribution in [2.75, 3.05) is 5.32 Å². The molecule has 1 amide bonds. The number of anilines is 1. The maximum Gasteiger partial charge on any atom is 0.228 e. The summed E-state index contributed by atoms with van der Waals surface area (Å²) in [5, 5.41) is 7.93. The summed E-state index contributed by atoms with van der Waals surface area (Å²) in [4.78, 5) is 11.7. The average Bonchev–Trinajstić information content (AvgIpc) is 3.20. The van der Waals surface area contributed by atoms with E-state index < -0.39 is 0 Å². The first-order valence-electron chi connectivity index (χ1n) is 6.40. The minimum atomic E-state index is 0.0497. The molecule has 0 radical (unpaired) electrons. The number of nitrogens with one attached hydrogen (secondary N) is 1. The Bertz CT molecular complexity index is 652. The summed E-state index contributed by atoms with van der Waals surface area (Å²) in [6, 6.07) is 7.65. The third kappa shape index (κ3) is 3.04. The van der Waals surface area contributed by atoms with E-state index in [-0.39, 0.29) is 11.8 Å². The van der Waals surface area contributed by atoms with Crippen LogP contribution in [0, 0.1) is 5.92 Å². The second-order valence-corrected chi connectivity index (χ2v) is 6.14. The minimum Gasteiger partial charge on any atom is -0.308 e. The van der Waals surface area contributed by atoms with Gasteiger partial charge in [0.25, 0.3) is 0 Å². The van der Waals surface area contributed by atoms with Crippen molar-refractivity contribution in [3.63, 3.8) is 0 Å². The Balaban J connectivity index is 1.75. The van der Waals surface area contributed by atoms with Crippen molar-refractivity contribution in [1.82, 2.24) is 9.78 Å². The summed E-state index contributed by atoms with van der Waals surface area (Å²) in [6.45, 7) is 0.567. The molecule has 1 aromatic carbocycles. The number of aromatic nitrogens is 2. The van der Waals surface area contributed by atoms with Crippen molar-refractivity contribution in [3.8, 4) is 0 Å². The molecule has 20 heavy (non-hydrogen) atoms. The Kier molecular flexibility index (Phi) is 3.81. The molecule has 1 N–H and O–H groups in total. The lowest BCUT2D eigenvalue weighted by atomic mass is 10.2. The first-order valence-corrected chi connectivity index (χ1v) is 7.58. The fourth-order valence-corrected chi connectivity index (χ4v) is 2.54. The second kappa shape index (κ2) is 5.58. The topological polar surface area (TPSA) is 46.9 Å². The molecule has 3 rings (SSSR count). The number of hydrogen-bond donors (Lipinski definition) is 1. The predicted octanol–water partition coefficient (Wildman–Crippen LogP) is 3.70. The highest BCUT2D eigenvalue weighted by Crippen LogP contribution is 2.31. The quantitative estimate of drug-likeness (QED) is 0.910. The Morgan fingerprint density at radius 2 is 2.20 bits per heavy atom. The normalized spacial score (nSPS) is 14.3. The number of halogens is 2. The smallest absolute Gasteiger partial charge is 0.228 e. The van der Waals surface area contributed by atoms with Crippen LogP contribution in [0.15, 0.2) is 34.9 Å². The molecule has 0 bridgehead atoms. The molecule has 1 aliphatic rings. The molecular weight excluding hydrogens is 342 g/mol. The van der Waals surface area contributed by atoms with Crippen LogP contribution in [-0.2, 0) is 11.3 Å². The van der Waals surface area contributed by atoms with E-state index in [4.69, 9.17) is 11.6 Å². The number of benzene rings is 1. The molecule has 0 unspecified atom stereocenters. The Labute approximate surface area is 130 Å². The van der Waals surface area contributed by atoms with E-state index in [1.54, 1.807) is 4.68 Å². The summed E-state index contributed by atoms with van der Waals surface area (Å²) in [6.07, 6.45) is 3.79. The fourth-order valence-electron chi connectivity index (χ4n) is 1.93. The fraction of sp³-hybridized carbons (Fsp3) is 0.286. The van der Waals surface area contributed by atoms with Gasteiger partial charge in [0, 0.05) is 17.1 Å². The summed E-state index contributed by atoms with van der Waals surface area (Å²) in [7, 11) is 0. The van der Waals surface area contributed by atoms with Gasteiger partial charge in [-0.15, -0.1) is 0 Å². The predicted molar refractivity (Wildman–Crippen MR) is 81.8 cm³/mol. The van der Waals surface area contributed by atoms with Crippen molar-refractivity contribution in [3.05, 3.63) is 45.5 Å². The average molecular weight is 355 g/mol. The lowest BCUT2D eigenvalue weighted by Gasteiger charge is -2.04. The third-order valence-corrected chi connectivity index (χ3v) is 4.15. The van der Waals surface area contributed by atoms with Gasteiger partial charge in [0.15, 0.2) is 5.82 Å². The van der Waals surface area contributed by atoms with Gasteiger partial charge in [0.1, 0.15) is 0 Å². The molecular formula is C14H13BrClN3O. The number of hydrogen-bond acceptors (Lipinski definition) is 2. The summed E-state index contributed by atoms with van der Waals surface area (Å²) >= 11 is 9.55. The number of carbonyl (C=O) groups excluding carboxylic acids is 1. The molecule has 0 saturated heterocycles. The van der Waals surface area contributed by atoms with Crippen LogP contribution in [-0.4, -0.2) is 15.7 Å². The van der Waals surface area contributed by atoms with E-state index in [0.29, 0.717) is 17.4 Å². The molecule has 0 spiro atoms. The van der Waals surface area contributed by atoms with Crippen LogP contribution < -0.4 is 5.32 Å². The van der Waals surface area contributed by atoms with Gasteiger partial charge in [0.2, 0.25) is 5.91 Å². The number of amides is 1. The summed E-state index contributed by atoms with van der Waals surface area (Å²) < 4.78 is 2.53. The van der Waals surface area contributed by atoms with Gasteiger partial charge in [0.05, 0.1) is 11.0 Å². The highest BCUT2D eigenvalue weighted by atomic mass is 79.9. The van der Waals surface area contributed by atoms with Crippen LogP contribution >= 0.6 is 27.5 Å². The van der Waals surface area contributed by atoms with E-state index >= 15 is 0 Å². The zero-order chi connectivity index (χ0) is 14.1. The second-order valence-electron chi connectivity index (χ2n) is 4.88. The van der Waals surface area contributed by atoms with Crippen LogP contribution in [0.1, 0.15) is 18.4 Å². The van der Waals surface area contributed by atoms with Crippen LogP contribution in [0.4, 0.5) is 5.82 Å². The molecule has 0 atom stereocenters. The van der Waals surface area contributed by atoms with Gasteiger partial charge in [-0.2, -0.15) is 5.10 Å². The Morgan fingerprint density at radius 1 is 1.45 bits per heavy atom. The van der Waals surface area contributed by atoms with E-state index in [1.807, 2.05) is 30.5 Å². The largest absolute Gasteiger partial charge is 0.308 e. The number of carbonyl (C=O) groups is 1. The number of rotatable bonds is 4. The van der Waals surface area contributed by atoms with E-state index in [2.05, 4.69) is 26.3 Å². The maximum atomic E-state index is 11.7. The van der Waals surface area contributed by atoms with Crippen molar-refractivity contribution in [2.45, 2.75) is 19.4 Å². The molecule has 1 aliphatic carbocycles. The van der Waals surface area contributed by atoms with Crippen LogP contribution in [0.5, 0.6) is 0 Å². The molecule has 4 nitrogen and oxygen atoms in total. The van der Waals surface area contributed by atoms with E-state index in [0.717, 1.165) is 22.9 Å². The molecule has 2 aromatic rings. The molecule has 1 saturated carbocycles. The monoisotopic (exact) mass is 353 g/mol. The Hall–Kier alpha value is -1.33. The van der Waals surface area contributed by atoms with Crippen LogP contribution in [0.25, 0.3) is 0 Å². The Morgan fingerprint density at radius 3 is 2.90 bits per heavy atom. The summed E-state index contributed by atoms with van der Waals surface area (Å²) in [5.74, 6) is 0.776. The maximum absolute atomic E-state index is 11.7. The van der Waals surface area contributed by atoms with Crippen LogP contribution in [0.2, 0.25) is 5.02 Å². The van der Waals surface area contributed by atoms with E-state index in [9.17, 15) is 4.79 Å². The van der Waals surface area contributed by atoms with Crippen molar-refractivity contribution in [1.29, 1.82) is 0 Å². The zero-order valence-electron chi connectivity index (χ0n) is 10.6. The van der Waals surface area contributed by atoms with Gasteiger partial charge >= 0.3 is 0 Å². The van der Waals surface area contributed by atoms with Gasteiger partial charge in [-0.1, -0.05) is 29.8 Å². The molecule has 1 aromatic heterocycles. The van der Waals surface area contributed by atoms with Crippen LogP contribution in [0.3, 0.4) is 0 Å². The minimum absolute atomic E-state index is 0.0497. The molecule has 1 fully saturated rings. The first-order chi connectivity index (χ1) is 9.63. The highest BCUT2D eigenvalue weighted by molar-refractivity contribution is 9.10. The number of nitrogens with zero attached hydrogens (tertiary/aromatic N) is 2. The lowest BCUT2D eigenvalue weighted by Crippen LogP contribution is -2.14. The standard InChI is InChI=1S/C14H13BrClN3O/c15-11-8-19(7-10-3-1-2-4-12(10)16)18-13(11)17-14(20)9-5-6-9/h1-4,8-9H,5-7H2,(H,17,18,20). The van der Waals surface area contributed by atoms with Gasteiger partial charge in [-0.05, 0) is 40.4 Å². The zero-order valence-corrected chi connectivity index (χ0v) is 13.0. The highest BCUT2D eigenvalue weighted by Gasteiger charge is 2.30. The molecule has 6 heteroatoms. The van der Waals surface area contributed by atoms with Gasteiger partial charge in [-0.25, -0.2) is 0 Å².